The number of nitro groups is 1. The molecule has 0 spiro atoms. The molecule has 0 unspecified atom stereocenters. The number of pyridine rings is 1. The average Bonchev–Trinajstić information content (AvgIpc) is 2.16. The second-order valence-corrected chi connectivity index (χ2v) is 2.79. The third-order valence-electron chi connectivity index (χ3n) is 1.67. The van der Waals surface area contributed by atoms with Crippen LogP contribution in [-0.2, 0) is 0 Å². The molecule has 14 heavy (non-hydrogen) atoms. The molecular formula is C8H8N4O2. The highest BCUT2D eigenvalue weighted by Gasteiger charge is 2.21. The summed E-state index contributed by atoms with van der Waals surface area (Å²) in [7, 11) is 3.34. The summed E-state index contributed by atoms with van der Waals surface area (Å²) in [6.07, 6.45) is 1.38. The first kappa shape index (κ1) is 9.92. The van der Waals surface area contributed by atoms with Crippen molar-refractivity contribution in [1.82, 2.24) is 4.98 Å². The van der Waals surface area contributed by atoms with Gasteiger partial charge in [0.15, 0.2) is 0 Å². The van der Waals surface area contributed by atoms with Crippen molar-refractivity contribution in [3.05, 3.63) is 28.1 Å². The maximum Gasteiger partial charge on any atom is 0.328 e. The molecule has 0 radical (unpaired) electrons. The minimum atomic E-state index is -0.596. The Hall–Kier alpha value is -2.16. The summed E-state index contributed by atoms with van der Waals surface area (Å²) in [4.78, 5) is 15.3. The summed E-state index contributed by atoms with van der Waals surface area (Å²) in [6.45, 7) is 0. The van der Waals surface area contributed by atoms with Crippen LogP contribution in [0.25, 0.3) is 0 Å². The molecular weight excluding hydrogens is 184 g/mol. The van der Waals surface area contributed by atoms with Crippen molar-refractivity contribution in [2.24, 2.45) is 0 Å². The first-order valence-electron chi connectivity index (χ1n) is 3.78. The number of aromatic nitrogens is 1. The number of hydrogen-bond donors (Lipinski definition) is 0. The molecule has 0 aliphatic carbocycles. The highest BCUT2D eigenvalue weighted by atomic mass is 16.6. The summed E-state index contributed by atoms with van der Waals surface area (Å²) in [6, 6.07) is 3.19. The van der Waals surface area contributed by atoms with Gasteiger partial charge in [-0.3, -0.25) is 10.1 Å². The highest BCUT2D eigenvalue weighted by molar-refractivity contribution is 5.66. The summed E-state index contributed by atoms with van der Waals surface area (Å²) in [5.41, 5.74) is -0.0391. The first-order valence-corrected chi connectivity index (χ1v) is 3.78. The van der Waals surface area contributed by atoms with E-state index in [1.807, 2.05) is 0 Å². The molecule has 1 aromatic rings. The van der Waals surface area contributed by atoms with E-state index in [4.69, 9.17) is 5.26 Å². The van der Waals surface area contributed by atoms with E-state index in [-0.39, 0.29) is 11.4 Å². The van der Waals surface area contributed by atoms with Gasteiger partial charge in [-0.25, -0.2) is 4.98 Å². The summed E-state index contributed by atoms with van der Waals surface area (Å²) < 4.78 is 0. The van der Waals surface area contributed by atoms with Crippen molar-refractivity contribution in [3.63, 3.8) is 0 Å². The summed E-state index contributed by atoms with van der Waals surface area (Å²) in [5, 5.41) is 19.3. The van der Waals surface area contributed by atoms with Crippen LogP contribution >= 0.6 is 0 Å². The molecule has 6 nitrogen and oxygen atoms in total. The third kappa shape index (κ3) is 1.61. The summed E-state index contributed by atoms with van der Waals surface area (Å²) in [5.74, 6) is 0. The number of nitrogens with zero attached hydrogens (tertiary/aromatic N) is 4. The lowest BCUT2D eigenvalue weighted by Gasteiger charge is -2.11. The molecule has 72 valence electrons. The predicted molar refractivity (Wildman–Crippen MR) is 49.9 cm³/mol. The molecule has 1 rings (SSSR count). The normalized spacial score (nSPS) is 9.21. The van der Waals surface area contributed by atoms with Gasteiger partial charge in [0.05, 0.1) is 4.92 Å². The van der Waals surface area contributed by atoms with Gasteiger partial charge < -0.3 is 4.90 Å². The largest absolute Gasteiger partial charge is 0.372 e. The van der Waals surface area contributed by atoms with Crippen LogP contribution in [0.1, 0.15) is 5.69 Å². The van der Waals surface area contributed by atoms with E-state index in [1.54, 1.807) is 25.1 Å². The SMILES string of the molecule is CN(C)c1ccnc(C#N)c1[N+](=O)[O-]. The zero-order valence-electron chi connectivity index (χ0n) is 7.76. The van der Waals surface area contributed by atoms with Gasteiger partial charge in [-0.1, -0.05) is 0 Å². The van der Waals surface area contributed by atoms with E-state index >= 15 is 0 Å². The third-order valence-corrected chi connectivity index (χ3v) is 1.67. The van der Waals surface area contributed by atoms with Gasteiger partial charge in [-0.2, -0.15) is 5.26 Å². The molecule has 1 aromatic heterocycles. The fourth-order valence-corrected chi connectivity index (χ4v) is 1.07. The van der Waals surface area contributed by atoms with Gasteiger partial charge in [-0.15, -0.1) is 0 Å². The second kappa shape index (κ2) is 3.70. The molecule has 0 N–H and O–H groups in total. The van der Waals surface area contributed by atoms with Gasteiger partial charge in [0, 0.05) is 20.3 Å². The Bertz CT molecular complexity index is 408. The Balaban J connectivity index is 3.45. The van der Waals surface area contributed by atoms with Crippen molar-refractivity contribution in [2.45, 2.75) is 0 Å². The van der Waals surface area contributed by atoms with Gasteiger partial charge >= 0.3 is 5.69 Å². The van der Waals surface area contributed by atoms with Crippen LogP contribution in [0.3, 0.4) is 0 Å². The molecule has 6 heteroatoms. The van der Waals surface area contributed by atoms with E-state index in [9.17, 15) is 10.1 Å². The Kier molecular flexibility index (Phi) is 2.62. The van der Waals surface area contributed by atoms with Crippen molar-refractivity contribution < 1.29 is 4.92 Å². The topological polar surface area (TPSA) is 83.1 Å². The number of rotatable bonds is 2. The van der Waals surface area contributed by atoms with Crippen LogP contribution in [0, 0.1) is 21.4 Å². The fraction of sp³-hybridized carbons (Fsp3) is 0.250. The maximum absolute atomic E-state index is 10.7. The van der Waals surface area contributed by atoms with Crippen molar-refractivity contribution in [3.8, 4) is 6.07 Å². The van der Waals surface area contributed by atoms with E-state index in [0.717, 1.165) is 0 Å². The Morgan fingerprint density at radius 1 is 1.64 bits per heavy atom. The van der Waals surface area contributed by atoms with Crippen LogP contribution in [0.2, 0.25) is 0 Å². The van der Waals surface area contributed by atoms with Gasteiger partial charge in [0.25, 0.3) is 0 Å². The highest BCUT2D eigenvalue weighted by Crippen LogP contribution is 2.28. The van der Waals surface area contributed by atoms with Gasteiger partial charge in [-0.05, 0) is 6.07 Å². The van der Waals surface area contributed by atoms with E-state index in [0.29, 0.717) is 5.69 Å². The average molecular weight is 192 g/mol. The van der Waals surface area contributed by atoms with Gasteiger partial charge in [0.1, 0.15) is 11.8 Å². The molecule has 0 bridgehead atoms. The molecule has 0 aromatic carbocycles. The zero-order valence-corrected chi connectivity index (χ0v) is 7.76. The maximum atomic E-state index is 10.7. The van der Waals surface area contributed by atoms with Crippen LogP contribution in [0.4, 0.5) is 11.4 Å². The number of nitriles is 1. The second-order valence-electron chi connectivity index (χ2n) is 2.79. The Labute approximate surface area is 80.6 Å². The van der Waals surface area contributed by atoms with Crippen LogP contribution in [-0.4, -0.2) is 24.0 Å². The first-order chi connectivity index (χ1) is 6.57. The van der Waals surface area contributed by atoms with Crippen molar-refractivity contribution in [1.29, 1.82) is 5.26 Å². The van der Waals surface area contributed by atoms with Crippen LogP contribution in [0.15, 0.2) is 12.3 Å². The van der Waals surface area contributed by atoms with Crippen molar-refractivity contribution in [2.75, 3.05) is 19.0 Å². The Morgan fingerprint density at radius 2 is 2.29 bits per heavy atom. The smallest absolute Gasteiger partial charge is 0.328 e. The number of hydrogen-bond acceptors (Lipinski definition) is 5. The predicted octanol–water partition coefficient (Wildman–Crippen LogP) is 0.927. The monoisotopic (exact) mass is 192 g/mol. The lowest BCUT2D eigenvalue weighted by molar-refractivity contribution is -0.384. The van der Waals surface area contributed by atoms with E-state index in [2.05, 4.69) is 4.98 Å². The molecule has 0 aliphatic heterocycles. The lowest BCUT2D eigenvalue weighted by atomic mass is 10.2. The van der Waals surface area contributed by atoms with Crippen LogP contribution in [0.5, 0.6) is 0 Å². The molecule has 0 amide bonds. The molecule has 0 saturated heterocycles. The molecule has 0 fully saturated rings. The standard InChI is InChI=1S/C8H8N4O2/c1-11(2)7-3-4-10-6(5-9)8(7)12(13)14/h3-4H,1-2H3. The van der Waals surface area contributed by atoms with Crippen LogP contribution < -0.4 is 4.90 Å². The zero-order chi connectivity index (χ0) is 10.7. The van der Waals surface area contributed by atoms with E-state index in [1.165, 1.54) is 12.3 Å². The molecule has 0 atom stereocenters. The molecule has 0 saturated carbocycles. The Morgan fingerprint density at radius 3 is 2.71 bits per heavy atom. The quantitative estimate of drug-likeness (QED) is 0.514. The minimum Gasteiger partial charge on any atom is -0.372 e. The molecule has 1 heterocycles. The lowest BCUT2D eigenvalue weighted by Crippen LogP contribution is -2.12. The van der Waals surface area contributed by atoms with Gasteiger partial charge in [0.2, 0.25) is 5.69 Å². The fourth-order valence-electron chi connectivity index (χ4n) is 1.07. The van der Waals surface area contributed by atoms with E-state index < -0.39 is 4.92 Å². The minimum absolute atomic E-state index is 0.166. The summed E-state index contributed by atoms with van der Waals surface area (Å²) >= 11 is 0. The van der Waals surface area contributed by atoms with Crippen molar-refractivity contribution >= 4 is 11.4 Å². The molecule has 0 aliphatic rings. The number of anilines is 1.